The zero-order chi connectivity index (χ0) is 8.15. The summed E-state index contributed by atoms with van der Waals surface area (Å²) >= 11 is 0. The second kappa shape index (κ2) is 8.41. The van der Waals surface area contributed by atoms with Gasteiger partial charge >= 0.3 is 5.97 Å². The Morgan fingerprint density at radius 1 is 1.25 bits per heavy atom. The van der Waals surface area contributed by atoms with Gasteiger partial charge in [0.05, 0.1) is 0 Å². The van der Waals surface area contributed by atoms with Gasteiger partial charge in [-0.05, 0) is 0 Å². The monoisotopic (exact) mass is 182 g/mol. The van der Waals surface area contributed by atoms with Gasteiger partial charge in [-0.2, -0.15) is 0 Å². The fraction of sp³-hybridized carbons (Fsp3) is 0.833. The van der Waals surface area contributed by atoms with Gasteiger partial charge in [0.15, 0.2) is 0 Å². The van der Waals surface area contributed by atoms with Crippen molar-refractivity contribution in [1.82, 2.24) is 10.2 Å². The third kappa shape index (κ3) is 7.42. The topological polar surface area (TPSA) is 95.8 Å². The van der Waals surface area contributed by atoms with Gasteiger partial charge in [-0.3, -0.25) is 4.79 Å². The molecule has 6 nitrogen and oxygen atoms in total. The normalized spacial score (nSPS) is 8.83. The first-order chi connectivity index (χ1) is 4.57. The molecule has 0 amide bonds. The second-order valence-corrected chi connectivity index (χ2v) is 2.13. The van der Waals surface area contributed by atoms with E-state index in [1.54, 1.807) is 33.1 Å². The lowest BCUT2D eigenvalue weighted by molar-refractivity contribution is -0.240. The Labute approximate surface area is 72.2 Å². The van der Waals surface area contributed by atoms with E-state index in [4.69, 9.17) is 4.84 Å². The SMILES string of the molecule is CCC(=O)ON(C)N(C)C.O.O. The molecule has 0 aliphatic carbocycles. The highest BCUT2D eigenvalue weighted by molar-refractivity contribution is 5.68. The van der Waals surface area contributed by atoms with Crippen LogP contribution >= 0.6 is 0 Å². The predicted octanol–water partition coefficient (Wildman–Crippen LogP) is -1.39. The maximum absolute atomic E-state index is 10.6. The molecule has 0 rings (SSSR count). The lowest BCUT2D eigenvalue weighted by atomic mass is 10.5. The lowest BCUT2D eigenvalue weighted by Gasteiger charge is -2.21. The van der Waals surface area contributed by atoms with Gasteiger partial charge in [-0.1, -0.05) is 12.1 Å². The van der Waals surface area contributed by atoms with Crippen molar-refractivity contribution in [2.24, 2.45) is 0 Å². The van der Waals surface area contributed by atoms with Crippen molar-refractivity contribution in [1.29, 1.82) is 0 Å². The van der Waals surface area contributed by atoms with Gasteiger partial charge < -0.3 is 15.8 Å². The Kier molecular flexibility index (Phi) is 12.2. The molecule has 0 fully saturated rings. The molecule has 0 aliphatic heterocycles. The molecule has 0 aromatic heterocycles. The molecule has 0 aromatic carbocycles. The van der Waals surface area contributed by atoms with Gasteiger partial charge in [-0.25, -0.2) is 5.01 Å². The van der Waals surface area contributed by atoms with Crippen molar-refractivity contribution in [3.05, 3.63) is 0 Å². The highest BCUT2D eigenvalue weighted by Crippen LogP contribution is 1.90. The predicted molar refractivity (Wildman–Crippen MR) is 45.1 cm³/mol. The number of rotatable bonds is 3. The molecule has 0 bridgehead atoms. The quantitative estimate of drug-likeness (QED) is 0.502. The first-order valence-electron chi connectivity index (χ1n) is 3.19. The summed E-state index contributed by atoms with van der Waals surface area (Å²) in [6.07, 6.45) is 0.401. The van der Waals surface area contributed by atoms with Crippen molar-refractivity contribution in [2.45, 2.75) is 13.3 Å². The van der Waals surface area contributed by atoms with Crippen LogP contribution in [0.2, 0.25) is 0 Å². The third-order valence-corrected chi connectivity index (χ3v) is 1.09. The molecule has 0 radical (unpaired) electrons. The highest BCUT2D eigenvalue weighted by atomic mass is 16.7. The minimum absolute atomic E-state index is 0. The number of hydrazine groups is 1. The maximum atomic E-state index is 10.6. The van der Waals surface area contributed by atoms with E-state index in [1.807, 2.05) is 0 Å². The molecule has 6 heteroatoms. The molecule has 0 saturated carbocycles. The number of carbonyl (C=O) groups excluding carboxylic acids is 1. The molecule has 0 unspecified atom stereocenters. The zero-order valence-corrected chi connectivity index (χ0v) is 7.92. The standard InChI is InChI=1S/C6H14N2O2.2H2O/c1-5-6(9)10-8(4)7(2)3;;/h5H2,1-4H3;2*1H2. The van der Waals surface area contributed by atoms with Crippen LogP contribution in [0.1, 0.15) is 13.3 Å². The van der Waals surface area contributed by atoms with Crippen LogP contribution in [0.25, 0.3) is 0 Å². The largest absolute Gasteiger partial charge is 0.412 e. The van der Waals surface area contributed by atoms with Gasteiger partial charge in [-0.15, -0.1) is 0 Å². The Morgan fingerprint density at radius 2 is 1.67 bits per heavy atom. The molecule has 0 spiro atoms. The molecule has 12 heavy (non-hydrogen) atoms. The minimum atomic E-state index is -0.226. The van der Waals surface area contributed by atoms with Crippen molar-refractivity contribution in [3.8, 4) is 0 Å². The fourth-order valence-corrected chi connectivity index (χ4v) is 0.294. The Morgan fingerprint density at radius 3 is 1.92 bits per heavy atom. The Hall–Kier alpha value is -0.690. The average Bonchev–Trinajstić information content (AvgIpc) is 1.87. The molecule has 0 saturated heterocycles. The number of hydroxylamine groups is 1. The zero-order valence-electron chi connectivity index (χ0n) is 7.92. The third-order valence-electron chi connectivity index (χ3n) is 1.09. The summed E-state index contributed by atoms with van der Waals surface area (Å²) in [5.74, 6) is -0.226. The second-order valence-electron chi connectivity index (χ2n) is 2.13. The van der Waals surface area contributed by atoms with Crippen LogP contribution in [0.15, 0.2) is 0 Å². The molecule has 0 aromatic rings. The Bertz CT molecular complexity index is 118. The van der Waals surface area contributed by atoms with E-state index in [-0.39, 0.29) is 16.9 Å². The van der Waals surface area contributed by atoms with E-state index in [1.165, 1.54) is 5.17 Å². The average molecular weight is 182 g/mol. The number of nitrogens with zero attached hydrogens (tertiary/aromatic N) is 2. The van der Waals surface area contributed by atoms with E-state index in [9.17, 15) is 4.79 Å². The lowest BCUT2D eigenvalue weighted by Crippen LogP contribution is -2.35. The first-order valence-corrected chi connectivity index (χ1v) is 3.19. The number of hydrogen-bond acceptors (Lipinski definition) is 4. The van der Waals surface area contributed by atoms with Crippen molar-refractivity contribution >= 4 is 5.97 Å². The van der Waals surface area contributed by atoms with Crippen molar-refractivity contribution < 1.29 is 20.6 Å². The summed E-state index contributed by atoms with van der Waals surface area (Å²) in [7, 11) is 5.26. The van der Waals surface area contributed by atoms with E-state index < -0.39 is 0 Å². The van der Waals surface area contributed by atoms with Crippen molar-refractivity contribution in [3.63, 3.8) is 0 Å². The van der Waals surface area contributed by atoms with E-state index >= 15 is 0 Å². The van der Waals surface area contributed by atoms with Crippen LogP contribution in [0.5, 0.6) is 0 Å². The summed E-state index contributed by atoms with van der Waals surface area (Å²) in [5, 5.41) is 3.05. The van der Waals surface area contributed by atoms with Gasteiger partial charge in [0, 0.05) is 27.6 Å². The summed E-state index contributed by atoms with van der Waals surface area (Å²) < 4.78 is 0. The Balaban J connectivity index is -0.000000405. The van der Waals surface area contributed by atoms with Crippen LogP contribution in [0, 0.1) is 0 Å². The van der Waals surface area contributed by atoms with Crippen LogP contribution in [0.4, 0.5) is 0 Å². The summed E-state index contributed by atoms with van der Waals surface area (Å²) in [6, 6.07) is 0. The van der Waals surface area contributed by atoms with Crippen LogP contribution < -0.4 is 0 Å². The molecular formula is C6H18N2O4. The van der Waals surface area contributed by atoms with Crippen LogP contribution in [0.3, 0.4) is 0 Å². The van der Waals surface area contributed by atoms with Crippen LogP contribution in [-0.4, -0.2) is 48.2 Å². The molecule has 76 valence electrons. The van der Waals surface area contributed by atoms with Gasteiger partial charge in [0.2, 0.25) is 0 Å². The summed E-state index contributed by atoms with van der Waals surface area (Å²) in [6.45, 7) is 1.76. The fourth-order valence-electron chi connectivity index (χ4n) is 0.294. The summed E-state index contributed by atoms with van der Waals surface area (Å²) in [5.41, 5.74) is 0. The van der Waals surface area contributed by atoms with E-state index in [0.717, 1.165) is 0 Å². The van der Waals surface area contributed by atoms with Gasteiger partial charge in [0.25, 0.3) is 0 Å². The van der Waals surface area contributed by atoms with Crippen LogP contribution in [-0.2, 0) is 9.63 Å². The first kappa shape index (κ1) is 17.4. The van der Waals surface area contributed by atoms with Gasteiger partial charge in [0.1, 0.15) is 0 Å². The molecule has 0 aliphatic rings. The molecular weight excluding hydrogens is 164 g/mol. The maximum Gasteiger partial charge on any atom is 0.326 e. The number of carbonyl (C=O) groups is 1. The molecule has 0 heterocycles. The summed E-state index contributed by atoms with van der Waals surface area (Å²) in [4.78, 5) is 15.4. The smallest absolute Gasteiger partial charge is 0.326 e. The minimum Gasteiger partial charge on any atom is -0.412 e. The highest BCUT2D eigenvalue weighted by Gasteiger charge is 2.05. The molecule has 4 N–H and O–H groups in total. The van der Waals surface area contributed by atoms with Crippen molar-refractivity contribution in [2.75, 3.05) is 21.1 Å². The van der Waals surface area contributed by atoms with E-state index in [2.05, 4.69) is 0 Å². The molecule has 0 atom stereocenters. The number of hydrogen-bond donors (Lipinski definition) is 0. The van der Waals surface area contributed by atoms with E-state index in [0.29, 0.717) is 6.42 Å².